The lowest BCUT2D eigenvalue weighted by molar-refractivity contribution is -0.122. The number of nitrogens with zero attached hydrogens (tertiary/aromatic N) is 2. The summed E-state index contributed by atoms with van der Waals surface area (Å²) in [7, 11) is 1.75. The van der Waals surface area contributed by atoms with Crippen molar-refractivity contribution in [3.63, 3.8) is 0 Å². The highest BCUT2D eigenvalue weighted by Gasteiger charge is 2.15. The quantitative estimate of drug-likeness (QED) is 0.731. The molecule has 0 aromatic carbocycles. The third-order valence-electron chi connectivity index (χ3n) is 2.37. The molecule has 100 valence electrons. The molecule has 6 heteroatoms. The molecule has 1 aromatic rings. The summed E-state index contributed by atoms with van der Waals surface area (Å²) >= 11 is 0. The number of aryl methyl sites for hydroxylation is 1. The maximum Gasteiger partial charge on any atom is 0.242 e. The lowest BCUT2D eigenvalue weighted by Gasteiger charge is -2.17. The smallest absolute Gasteiger partial charge is 0.242 e. The zero-order valence-corrected chi connectivity index (χ0v) is 11.5. The van der Waals surface area contributed by atoms with Crippen molar-refractivity contribution in [2.75, 3.05) is 17.7 Å². The van der Waals surface area contributed by atoms with Gasteiger partial charge in [0.25, 0.3) is 0 Å². The van der Waals surface area contributed by atoms with Gasteiger partial charge in [0.15, 0.2) is 0 Å². The summed E-state index contributed by atoms with van der Waals surface area (Å²) in [5, 5.41) is 8.80. The summed E-state index contributed by atoms with van der Waals surface area (Å²) in [6.07, 6.45) is 1.72. The topological polar surface area (TPSA) is 78.9 Å². The number of carbonyl (C=O) groups is 1. The molecule has 6 nitrogen and oxygen atoms in total. The van der Waals surface area contributed by atoms with Crippen molar-refractivity contribution in [1.29, 1.82) is 0 Å². The number of rotatable bonds is 5. The number of amides is 1. The maximum absolute atomic E-state index is 11.8. The van der Waals surface area contributed by atoms with Crippen molar-refractivity contribution in [3.8, 4) is 0 Å². The van der Waals surface area contributed by atoms with Gasteiger partial charge in [-0.2, -0.15) is 4.98 Å². The lowest BCUT2D eigenvalue weighted by Crippen LogP contribution is -2.41. The van der Waals surface area contributed by atoms with Gasteiger partial charge in [0, 0.05) is 24.8 Å². The normalized spacial score (nSPS) is 12.1. The Labute approximate surface area is 108 Å². The molecule has 1 amide bonds. The third kappa shape index (κ3) is 3.87. The molecule has 3 N–H and O–H groups in total. The van der Waals surface area contributed by atoms with Crippen LogP contribution in [-0.4, -0.2) is 35.0 Å². The van der Waals surface area contributed by atoms with Crippen LogP contribution in [0.2, 0.25) is 0 Å². The van der Waals surface area contributed by atoms with Gasteiger partial charge in [0.1, 0.15) is 11.9 Å². The van der Waals surface area contributed by atoms with Crippen LogP contribution in [-0.2, 0) is 4.79 Å². The van der Waals surface area contributed by atoms with Crippen LogP contribution in [0.25, 0.3) is 0 Å². The number of hydrogen-bond donors (Lipinski definition) is 3. The Hall–Kier alpha value is -1.85. The Morgan fingerprint density at radius 2 is 2.00 bits per heavy atom. The summed E-state index contributed by atoms with van der Waals surface area (Å²) in [5.41, 5.74) is 0.901. The van der Waals surface area contributed by atoms with E-state index in [9.17, 15) is 4.79 Å². The van der Waals surface area contributed by atoms with Crippen molar-refractivity contribution >= 4 is 17.7 Å². The fourth-order valence-corrected chi connectivity index (χ4v) is 1.39. The van der Waals surface area contributed by atoms with E-state index in [1.807, 2.05) is 20.8 Å². The van der Waals surface area contributed by atoms with Gasteiger partial charge in [-0.15, -0.1) is 0 Å². The Kier molecular flexibility index (Phi) is 4.88. The second-order valence-corrected chi connectivity index (χ2v) is 4.50. The summed E-state index contributed by atoms with van der Waals surface area (Å²) in [6.45, 7) is 7.56. The molecule has 1 heterocycles. The van der Waals surface area contributed by atoms with Gasteiger partial charge >= 0.3 is 0 Å². The number of anilines is 2. The molecule has 0 spiro atoms. The van der Waals surface area contributed by atoms with Gasteiger partial charge in [-0.3, -0.25) is 4.79 Å². The van der Waals surface area contributed by atoms with Crippen molar-refractivity contribution in [3.05, 3.63) is 11.8 Å². The molecule has 0 fully saturated rings. The van der Waals surface area contributed by atoms with Gasteiger partial charge in [-0.1, -0.05) is 0 Å². The van der Waals surface area contributed by atoms with Crippen LogP contribution in [0.5, 0.6) is 0 Å². The monoisotopic (exact) mass is 251 g/mol. The van der Waals surface area contributed by atoms with Crippen molar-refractivity contribution in [2.45, 2.75) is 39.8 Å². The minimum absolute atomic E-state index is 0.0472. The van der Waals surface area contributed by atoms with Gasteiger partial charge in [-0.25, -0.2) is 4.98 Å². The first-order valence-corrected chi connectivity index (χ1v) is 6.02. The van der Waals surface area contributed by atoms with Crippen LogP contribution in [0.15, 0.2) is 6.20 Å². The Morgan fingerprint density at radius 3 is 2.56 bits per heavy atom. The molecule has 0 radical (unpaired) electrons. The van der Waals surface area contributed by atoms with E-state index in [4.69, 9.17) is 0 Å². The van der Waals surface area contributed by atoms with Crippen LogP contribution in [0.1, 0.15) is 26.3 Å². The fourth-order valence-electron chi connectivity index (χ4n) is 1.39. The molecule has 0 aliphatic heterocycles. The predicted molar refractivity (Wildman–Crippen MR) is 72.7 cm³/mol. The van der Waals surface area contributed by atoms with E-state index in [-0.39, 0.29) is 18.0 Å². The zero-order chi connectivity index (χ0) is 13.7. The molecule has 0 aliphatic carbocycles. The molecule has 18 heavy (non-hydrogen) atoms. The molecule has 1 aromatic heterocycles. The van der Waals surface area contributed by atoms with Crippen LogP contribution in [0.4, 0.5) is 11.8 Å². The number of carbonyl (C=O) groups excluding carboxylic acids is 1. The van der Waals surface area contributed by atoms with Gasteiger partial charge in [0.05, 0.1) is 0 Å². The van der Waals surface area contributed by atoms with E-state index in [0.717, 1.165) is 5.56 Å². The van der Waals surface area contributed by atoms with Crippen molar-refractivity contribution in [2.24, 2.45) is 0 Å². The number of aromatic nitrogens is 2. The van der Waals surface area contributed by atoms with E-state index in [1.54, 1.807) is 20.2 Å². The maximum atomic E-state index is 11.8. The second-order valence-electron chi connectivity index (χ2n) is 4.50. The van der Waals surface area contributed by atoms with E-state index in [2.05, 4.69) is 25.9 Å². The second kappa shape index (κ2) is 6.18. The molecule has 1 unspecified atom stereocenters. The van der Waals surface area contributed by atoms with Crippen LogP contribution in [0.3, 0.4) is 0 Å². The standard InChI is InChI=1S/C12H21N5O/c1-7(2)15-11(18)9(4)16-10-8(3)6-14-12(13-5)17-10/h6-7,9H,1-5H3,(H,15,18)(H2,13,14,16,17). The first-order chi connectivity index (χ1) is 8.43. The molecule has 0 saturated carbocycles. The molecule has 1 rings (SSSR count). The van der Waals surface area contributed by atoms with Crippen molar-refractivity contribution in [1.82, 2.24) is 15.3 Å². The first-order valence-electron chi connectivity index (χ1n) is 6.02. The third-order valence-corrected chi connectivity index (χ3v) is 2.37. The highest BCUT2D eigenvalue weighted by molar-refractivity contribution is 5.84. The van der Waals surface area contributed by atoms with Gasteiger partial charge in [-0.05, 0) is 27.7 Å². The predicted octanol–water partition coefficient (Wildman–Crippen LogP) is 1.15. The van der Waals surface area contributed by atoms with Crippen LogP contribution in [0, 0.1) is 6.92 Å². The molecular formula is C12H21N5O. The van der Waals surface area contributed by atoms with E-state index in [1.165, 1.54) is 0 Å². The largest absolute Gasteiger partial charge is 0.358 e. The summed E-state index contributed by atoms with van der Waals surface area (Å²) < 4.78 is 0. The molecule has 0 aliphatic rings. The molecule has 0 bridgehead atoms. The average Bonchev–Trinajstić information content (AvgIpc) is 2.31. The van der Waals surface area contributed by atoms with E-state index in [0.29, 0.717) is 11.8 Å². The average molecular weight is 251 g/mol. The number of nitrogens with one attached hydrogen (secondary N) is 3. The molecular weight excluding hydrogens is 230 g/mol. The fraction of sp³-hybridized carbons (Fsp3) is 0.583. The number of hydrogen-bond acceptors (Lipinski definition) is 5. The van der Waals surface area contributed by atoms with E-state index >= 15 is 0 Å². The SMILES string of the molecule is CNc1ncc(C)c(NC(C)C(=O)NC(C)C)n1. The first kappa shape index (κ1) is 14.2. The minimum Gasteiger partial charge on any atom is -0.358 e. The van der Waals surface area contributed by atoms with Crippen LogP contribution >= 0.6 is 0 Å². The highest BCUT2D eigenvalue weighted by Crippen LogP contribution is 2.13. The minimum atomic E-state index is -0.342. The molecule has 0 saturated heterocycles. The summed E-state index contributed by atoms with van der Waals surface area (Å²) in [4.78, 5) is 20.2. The van der Waals surface area contributed by atoms with E-state index < -0.39 is 0 Å². The Bertz CT molecular complexity index is 419. The van der Waals surface area contributed by atoms with Crippen LogP contribution < -0.4 is 16.0 Å². The highest BCUT2D eigenvalue weighted by atomic mass is 16.2. The van der Waals surface area contributed by atoms with Crippen molar-refractivity contribution < 1.29 is 4.79 Å². The summed E-state index contributed by atoms with van der Waals surface area (Å²) in [6, 6.07) is -0.216. The zero-order valence-electron chi connectivity index (χ0n) is 11.5. The Balaban J connectivity index is 2.74. The summed E-state index contributed by atoms with van der Waals surface area (Å²) in [5.74, 6) is 1.15. The van der Waals surface area contributed by atoms with Gasteiger partial charge < -0.3 is 16.0 Å². The van der Waals surface area contributed by atoms with Gasteiger partial charge in [0.2, 0.25) is 11.9 Å². The Morgan fingerprint density at radius 1 is 1.33 bits per heavy atom. The lowest BCUT2D eigenvalue weighted by atomic mass is 10.2. The molecule has 1 atom stereocenters.